The molecule has 0 spiro atoms. The van der Waals surface area contributed by atoms with Crippen molar-refractivity contribution in [3.63, 3.8) is 0 Å². The summed E-state index contributed by atoms with van der Waals surface area (Å²) >= 11 is 3.34. The highest BCUT2D eigenvalue weighted by atomic mass is 32.1. The number of thiophene rings is 1. The van der Waals surface area contributed by atoms with Crippen LogP contribution in [0, 0.1) is 0 Å². The van der Waals surface area contributed by atoms with E-state index in [0.29, 0.717) is 5.13 Å². The molecule has 130 valence electrons. The molecule has 0 bridgehead atoms. The second-order valence-electron chi connectivity index (χ2n) is 6.25. The van der Waals surface area contributed by atoms with Crippen LogP contribution in [0.3, 0.4) is 0 Å². The first-order valence-corrected chi connectivity index (χ1v) is 10.3. The van der Waals surface area contributed by atoms with Gasteiger partial charge < -0.3 is 10.6 Å². The Labute approximate surface area is 156 Å². The monoisotopic (exact) mass is 370 g/mol. The van der Waals surface area contributed by atoms with Crippen LogP contribution < -0.4 is 10.6 Å². The highest BCUT2D eigenvalue weighted by Gasteiger charge is 2.17. The van der Waals surface area contributed by atoms with E-state index in [1.165, 1.54) is 26.8 Å². The fraction of sp³-hybridized carbons (Fsp3) is 0.316. The average Bonchev–Trinajstić information content (AvgIpc) is 3.30. The third-order valence-electron chi connectivity index (χ3n) is 4.60. The van der Waals surface area contributed by atoms with Gasteiger partial charge in [0.25, 0.3) is 0 Å². The second-order valence-corrected chi connectivity index (χ2v) is 8.31. The molecule has 1 saturated heterocycles. The molecule has 3 heterocycles. The van der Waals surface area contributed by atoms with Crippen LogP contribution in [0.2, 0.25) is 0 Å². The summed E-state index contributed by atoms with van der Waals surface area (Å²) in [6.07, 6.45) is 1.11. The fourth-order valence-electron chi connectivity index (χ4n) is 3.19. The predicted molar refractivity (Wildman–Crippen MR) is 109 cm³/mol. The van der Waals surface area contributed by atoms with Crippen molar-refractivity contribution >= 4 is 33.5 Å². The quantitative estimate of drug-likeness (QED) is 0.742. The minimum absolute atomic E-state index is 0.640. The van der Waals surface area contributed by atoms with Crippen molar-refractivity contribution in [1.29, 1.82) is 0 Å². The largest absolute Gasteiger partial charge is 0.375 e. The Morgan fingerprint density at radius 2 is 1.80 bits per heavy atom. The number of nitrogens with zero attached hydrogens (tertiary/aromatic N) is 3. The summed E-state index contributed by atoms with van der Waals surface area (Å²) in [6, 6.07) is 15.1. The summed E-state index contributed by atoms with van der Waals surface area (Å²) in [4.78, 5) is 12.1. The van der Waals surface area contributed by atoms with Gasteiger partial charge in [0.05, 0.1) is 10.6 Å². The number of piperazine rings is 1. The number of rotatable bonds is 5. The molecule has 2 aromatic heterocycles. The molecule has 0 radical (unpaired) electrons. The Morgan fingerprint density at radius 3 is 2.52 bits per heavy atom. The zero-order chi connectivity index (χ0) is 17.1. The third-order valence-corrected chi connectivity index (χ3v) is 6.45. The molecular weight excluding hydrogens is 348 g/mol. The minimum Gasteiger partial charge on any atom is -0.375 e. The van der Waals surface area contributed by atoms with E-state index >= 15 is 0 Å². The van der Waals surface area contributed by atoms with E-state index in [2.05, 4.69) is 57.2 Å². The number of para-hydroxylation sites is 1. The van der Waals surface area contributed by atoms with Crippen LogP contribution in [0.4, 0.5) is 10.8 Å². The van der Waals surface area contributed by atoms with Crippen LogP contribution in [0.1, 0.15) is 4.88 Å². The molecule has 0 atom stereocenters. The molecule has 1 aliphatic rings. The zero-order valence-electron chi connectivity index (χ0n) is 14.1. The Kier molecular flexibility index (Phi) is 5.01. The Bertz CT molecular complexity index is 804. The molecule has 0 aliphatic carbocycles. The van der Waals surface area contributed by atoms with Gasteiger partial charge in [-0.05, 0) is 30.7 Å². The number of anilines is 2. The smallest absolute Gasteiger partial charge is 0.180 e. The predicted octanol–water partition coefficient (Wildman–Crippen LogP) is 3.82. The van der Waals surface area contributed by atoms with Crippen LogP contribution in [-0.2, 0) is 6.42 Å². The SMILES string of the molecule is Nc1nc(-c2ccc(CCN3CCN(c4ccccc4)CC3)s2)cs1. The van der Waals surface area contributed by atoms with Crippen LogP contribution in [0.25, 0.3) is 10.6 Å². The van der Waals surface area contributed by atoms with Crippen molar-refractivity contribution in [2.45, 2.75) is 6.42 Å². The molecule has 1 aliphatic heterocycles. The van der Waals surface area contributed by atoms with E-state index < -0.39 is 0 Å². The lowest BCUT2D eigenvalue weighted by Crippen LogP contribution is -2.46. The number of benzene rings is 1. The van der Waals surface area contributed by atoms with Crippen LogP contribution in [-0.4, -0.2) is 42.6 Å². The molecule has 0 amide bonds. The van der Waals surface area contributed by atoms with Gasteiger partial charge in [-0.25, -0.2) is 4.98 Å². The summed E-state index contributed by atoms with van der Waals surface area (Å²) < 4.78 is 0. The molecule has 3 aromatic rings. The molecule has 2 N–H and O–H groups in total. The van der Waals surface area contributed by atoms with Gasteiger partial charge in [0.15, 0.2) is 5.13 Å². The average molecular weight is 371 g/mol. The molecule has 4 nitrogen and oxygen atoms in total. The Balaban J connectivity index is 1.28. The standard InChI is InChI=1S/C19H22N4S2/c20-19-21-17(14-24-19)18-7-6-16(25-18)8-9-22-10-12-23(13-11-22)15-4-2-1-3-5-15/h1-7,14H,8-13H2,(H2,20,21). The van der Waals surface area contributed by atoms with Crippen molar-refractivity contribution in [1.82, 2.24) is 9.88 Å². The van der Waals surface area contributed by atoms with E-state index in [4.69, 9.17) is 5.73 Å². The van der Waals surface area contributed by atoms with Gasteiger partial charge in [0.2, 0.25) is 0 Å². The lowest BCUT2D eigenvalue weighted by molar-refractivity contribution is 0.261. The van der Waals surface area contributed by atoms with E-state index in [0.717, 1.165) is 44.8 Å². The van der Waals surface area contributed by atoms with E-state index in [1.807, 2.05) is 16.7 Å². The topological polar surface area (TPSA) is 45.4 Å². The maximum atomic E-state index is 5.73. The van der Waals surface area contributed by atoms with Crippen molar-refractivity contribution in [3.8, 4) is 10.6 Å². The van der Waals surface area contributed by atoms with Crippen LogP contribution in [0.5, 0.6) is 0 Å². The lowest BCUT2D eigenvalue weighted by Gasteiger charge is -2.36. The van der Waals surface area contributed by atoms with Gasteiger partial charge in [-0.1, -0.05) is 18.2 Å². The summed E-state index contributed by atoms with van der Waals surface area (Å²) in [5.41, 5.74) is 8.08. The number of hydrogen-bond acceptors (Lipinski definition) is 6. The maximum Gasteiger partial charge on any atom is 0.180 e. The highest BCUT2D eigenvalue weighted by molar-refractivity contribution is 7.16. The van der Waals surface area contributed by atoms with Crippen molar-refractivity contribution in [2.24, 2.45) is 0 Å². The van der Waals surface area contributed by atoms with Crippen LogP contribution >= 0.6 is 22.7 Å². The van der Waals surface area contributed by atoms with Gasteiger partial charge in [-0.2, -0.15) is 0 Å². The number of nitrogens with two attached hydrogens (primary N) is 1. The van der Waals surface area contributed by atoms with Crippen molar-refractivity contribution in [2.75, 3.05) is 43.4 Å². The molecule has 0 unspecified atom stereocenters. The Morgan fingerprint density at radius 1 is 1.00 bits per heavy atom. The molecular formula is C19H22N4S2. The molecule has 25 heavy (non-hydrogen) atoms. The summed E-state index contributed by atoms with van der Waals surface area (Å²) in [6.45, 7) is 5.61. The first-order valence-electron chi connectivity index (χ1n) is 8.60. The lowest BCUT2D eigenvalue weighted by atomic mass is 10.2. The van der Waals surface area contributed by atoms with E-state index in [-0.39, 0.29) is 0 Å². The van der Waals surface area contributed by atoms with Gasteiger partial charge >= 0.3 is 0 Å². The summed E-state index contributed by atoms with van der Waals surface area (Å²) in [7, 11) is 0. The van der Waals surface area contributed by atoms with E-state index in [9.17, 15) is 0 Å². The van der Waals surface area contributed by atoms with Gasteiger partial charge in [0.1, 0.15) is 0 Å². The Hall–Kier alpha value is -1.89. The molecule has 0 saturated carbocycles. The maximum absolute atomic E-state index is 5.73. The molecule has 6 heteroatoms. The highest BCUT2D eigenvalue weighted by Crippen LogP contribution is 2.30. The fourth-order valence-corrected chi connectivity index (χ4v) is 4.78. The first kappa shape index (κ1) is 16.6. The number of hydrogen-bond donors (Lipinski definition) is 1. The van der Waals surface area contributed by atoms with Gasteiger partial charge in [-0.3, -0.25) is 4.90 Å². The molecule has 4 rings (SSSR count). The van der Waals surface area contributed by atoms with Gasteiger partial charge in [-0.15, -0.1) is 22.7 Å². The zero-order valence-corrected chi connectivity index (χ0v) is 15.7. The summed E-state index contributed by atoms with van der Waals surface area (Å²) in [5.74, 6) is 0. The number of aromatic nitrogens is 1. The number of nitrogen functional groups attached to an aromatic ring is 1. The first-order chi connectivity index (χ1) is 12.3. The molecule has 1 fully saturated rings. The van der Waals surface area contributed by atoms with Crippen LogP contribution in [0.15, 0.2) is 47.8 Å². The third kappa shape index (κ3) is 4.03. The molecule has 1 aromatic carbocycles. The second kappa shape index (κ2) is 7.56. The van der Waals surface area contributed by atoms with Gasteiger partial charge in [0, 0.05) is 48.7 Å². The normalized spacial score (nSPS) is 15.6. The van der Waals surface area contributed by atoms with E-state index in [1.54, 1.807) is 0 Å². The number of thiazole rings is 1. The minimum atomic E-state index is 0.640. The van der Waals surface area contributed by atoms with Crippen molar-refractivity contribution in [3.05, 3.63) is 52.7 Å². The summed E-state index contributed by atoms with van der Waals surface area (Å²) in [5, 5.41) is 2.68. The van der Waals surface area contributed by atoms with Crippen molar-refractivity contribution < 1.29 is 0 Å².